The van der Waals surface area contributed by atoms with E-state index in [1.54, 1.807) is 24.3 Å². The zero-order chi connectivity index (χ0) is 23.0. The molecule has 2 unspecified atom stereocenters. The third kappa shape index (κ3) is 4.11. The van der Waals surface area contributed by atoms with Crippen LogP contribution in [0.1, 0.15) is 57.0 Å². The SMILES string of the molecule is Cc1nc(C2c3cccc(C(N)=O)c3CC2C)nc(NCc2cccc(B(O)O)c2)c1C. The van der Waals surface area contributed by atoms with Crippen LogP contribution >= 0.6 is 0 Å². The molecule has 32 heavy (non-hydrogen) atoms. The second-order valence-corrected chi connectivity index (χ2v) is 8.51. The fraction of sp³-hybridized carbons (Fsp3) is 0.292. The first-order valence-electron chi connectivity index (χ1n) is 10.7. The Morgan fingerprint density at radius 1 is 1.19 bits per heavy atom. The lowest BCUT2D eigenvalue weighted by molar-refractivity contribution is 0.0999. The molecule has 164 valence electrons. The summed E-state index contributed by atoms with van der Waals surface area (Å²) in [5.74, 6) is 1.28. The first-order chi connectivity index (χ1) is 15.3. The van der Waals surface area contributed by atoms with Crippen LogP contribution in [0.15, 0.2) is 42.5 Å². The number of hydrogen-bond acceptors (Lipinski definition) is 6. The van der Waals surface area contributed by atoms with Gasteiger partial charge in [-0.3, -0.25) is 4.79 Å². The van der Waals surface area contributed by atoms with E-state index in [0.717, 1.165) is 46.0 Å². The topological polar surface area (TPSA) is 121 Å². The number of nitrogens with one attached hydrogen (secondary N) is 1. The summed E-state index contributed by atoms with van der Waals surface area (Å²) in [4.78, 5) is 21.6. The zero-order valence-electron chi connectivity index (χ0n) is 18.5. The van der Waals surface area contributed by atoms with Gasteiger partial charge in [0.2, 0.25) is 5.91 Å². The van der Waals surface area contributed by atoms with E-state index >= 15 is 0 Å². The Morgan fingerprint density at radius 3 is 2.66 bits per heavy atom. The molecule has 1 aliphatic rings. The lowest BCUT2D eigenvalue weighted by atomic mass is 9.79. The van der Waals surface area contributed by atoms with E-state index < -0.39 is 13.0 Å². The van der Waals surface area contributed by atoms with E-state index in [-0.39, 0.29) is 11.8 Å². The van der Waals surface area contributed by atoms with Gasteiger partial charge in [-0.1, -0.05) is 43.3 Å². The zero-order valence-corrected chi connectivity index (χ0v) is 18.5. The highest BCUT2D eigenvalue weighted by Gasteiger charge is 2.35. The van der Waals surface area contributed by atoms with Crippen molar-refractivity contribution in [2.75, 3.05) is 5.32 Å². The summed E-state index contributed by atoms with van der Waals surface area (Å²) in [5, 5.41) is 22.2. The Bertz CT molecular complexity index is 1180. The van der Waals surface area contributed by atoms with Crippen LogP contribution in [0.5, 0.6) is 0 Å². The molecule has 1 aliphatic carbocycles. The van der Waals surface area contributed by atoms with Crippen molar-refractivity contribution >= 4 is 24.3 Å². The maximum absolute atomic E-state index is 11.9. The van der Waals surface area contributed by atoms with Crippen LogP contribution in [0, 0.1) is 19.8 Å². The molecular weight excluding hydrogens is 403 g/mol. The van der Waals surface area contributed by atoms with E-state index in [1.807, 2.05) is 32.0 Å². The normalized spacial score (nSPS) is 17.2. The number of anilines is 1. The number of carbonyl (C=O) groups is 1. The molecule has 1 aromatic heterocycles. The molecule has 0 spiro atoms. The minimum Gasteiger partial charge on any atom is -0.423 e. The molecule has 0 aliphatic heterocycles. The molecule has 0 saturated heterocycles. The van der Waals surface area contributed by atoms with Gasteiger partial charge in [-0.15, -0.1) is 0 Å². The highest BCUT2D eigenvalue weighted by Crippen LogP contribution is 2.42. The smallest absolute Gasteiger partial charge is 0.423 e. The van der Waals surface area contributed by atoms with Crippen molar-refractivity contribution in [3.05, 3.63) is 81.8 Å². The van der Waals surface area contributed by atoms with Crippen molar-refractivity contribution in [3.8, 4) is 0 Å². The Balaban J connectivity index is 1.66. The molecular formula is C24H27BN4O3. The van der Waals surface area contributed by atoms with Crippen LogP contribution in [0.4, 0.5) is 5.82 Å². The van der Waals surface area contributed by atoms with E-state index in [4.69, 9.17) is 15.7 Å². The number of nitrogens with two attached hydrogens (primary N) is 1. The summed E-state index contributed by atoms with van der Waals surface area (Å²) in [6.07, 6.45) is 0.758. The second kappa shape index (κ2) is 8.72. The fourth-order valence-electron chi connectivity index (χ4n) is 4.51. The van der Waals surface area contributed by atoms with Gasteiger partial charge in [0.1, 0.15) is 11.6 Å². The van der Waals surface area contributed by atoms with Gasteiger partial charge in [0.25, 0.3) is 0 Å². The lowest BCUT2D eigenvalue weighted by Crippen LogP contribution is -2.30. The van der Waals surface area contributed by atoms with Crippen molar-refractivity contribution in [2.24, 2.45) is 11.7 Å². The Hall–Kier alpha value is -3.23. The summed E-state index contributed by atoms with van der Waals surface area (Å²) >= 11 is 0. The number of primary amides is 1. The minimum absolute atomic E-state index is 0.0167. The number of hydrogen-bond donors (Lipinski definition) is 4. The number of benzene rings is 2. The van der Waals surface area contributed by atoms with Crippen LogP contribution in [0.25, 0.3) is 0 Å². The molecule has 7 nitrogen and oxygen atoms in total. The summed E-state index contributed by atoms with van der Waals surface area (Å²) in [5.41, 5.74) is 11.4. The average Bonchev–Trinajstić information content (AvgIpc) is 3.10. The number of aryl methyl sites for hydroxylation is 1. The molecule has 0 fully saturated rings. The summed E-state index contributed by atoms with van der Waals surface area (Å²) in [7, 11) is -1.50. The molecule has 0 radical (unpaired) electrons. The average molecular weight is 430 g/mol. The molecule has 2 aromatic carbocycles. The summed E-state index contributed by atoms with van der Waals surface area (Å²) < 4.78 is 0. The van der Waals surface area contributed by atoms with Crippen molar-refractivity contribution < 1.29 is 14.8 Å². The number of rotatable bonds is 6. The third-order valence-electron chi connectivity index (χ3n) is 6.30. The van der Waals surface area contributed by atoms with Gasteiger partial charge in [0.05, 0.1) is 0 Å². The standard InChI is InChI=1S/C24H27BN4O3/c1-13-10-20-18(8-5-9-19(20)22(26)30)21(13)24-28-15(3)14(2)23(29-24)27-12-16-6-4-7-17(11-16)25(31)32/h4-9,11,13,21,31-32H,10,12H2,1-3H3,(H2,26,30)(H,27,28,29). The predicted octanol–water partition coefficient (Wildman–Crippen LogP) is 1.81. The maximum atomic E-state index is 11.9. The number of fused-ring (bicyclic) bond motifs is 1. The van der Waals surface area contributed by atoms with E-state index in [0.29, 0.717) is 17.6 Å². The van der Waals surface area contributed by atoms with Crippen molar-refractivity contribution in [1.29, 1.82) is 0 Å². The fourth-order valence-corrected chi connectivity index (χ4v) is 4.51. The molecule has 4 rings (SSSR count). The number of amides is 1. The molecule has 0 saturated carbocycles. The van der Waals surface area contributed by atoms with Gasteiger partial charge in [-0.05, 0) is 54.4 Å². The summed E-state index contributed by atoms with van der Waals surface area (Å²) in [6, 6.07) is 12.8. The van der Waals surface area contributed by atoms with Gasteiger partial charge in [-0.2, -0.15) is 0 Å². The van der Waals surface area contributed by atoms with Crippen LogP contribution in [-0.2, 0) is 13.0 Å². The van der Waals surface area contributed by atoms with Gasteiger partial charge in [0.15, 0.2) is 0 Å². The maximum Gasteiger partial charge on any atom is 0.488 e. The summed E-state index contributed by atoms with van der Waals surface area (Å²) in [6.45, 7) is 6.58. The largest absolute Gasteiger partial charge is 0.488 e. The van der Waals surface area contributed by atoms with E-state index in [9.17, 15) is 14.8 Å². The minimum atomic E-state index is -1.50. The molecule has 1 amide bonds. The third-order valence-corrected chi connectivity index (χ3v) is 6.30. The lowest BCUT2D eigenvalue weighted by Gasteiger charge is -2.19. The van der Waals surface area contributed by atoms with Gasteiger partial charge in [0, 0.05) is 29.3 Å². The van der Waals surface area contributed by atoms with Crippen LogP contribution in [0.3, 0.4) is 0 Å². The number of aromatic nitrogens is 2. The molecule has 5 N–H and O–H groups in total. The second-order valence-electron chi connectivity index (χ2n) is 8.51. The highest BCUT2D eigenvalue weighted by atomic mass is 16.4. The molecule has 0 bridgehead atoms. The molecule has 2 atom stereocenters. The van der Waals surface area contributed by atoms with Crippen LogP contribution in [-0.4, -0.2) is 33.0 Å². The van der Waals surface area contributed by atoms with Crippen molar-refractivity contribution in [3.63, 3.8) is 0 Å². The van der Waals surface area contributed by atoms with E-state index in [2.05, 4.69) is 12.2 Å². The Labute approximate surface area is 187 Å². The van der Waals surface area contributed by atoms with E-state index in [1.165, 1.54) is 0 Å². The monoisotopic (exact) mass is 430 g/mol. The molecule has 1 heterocycles. The van der Waals surface area contributed by atoms with Gasteiger partial charge in [-0.25, -0.2) is 9.97 Å². The Kier molecular flexibility index (Phi) is 5.99. The first-order valence-corrected chi connectivity index (χ1v) is 10.7. The van der Waals surface area contributed by atoms with Crippen molar-refractivity contribution in [1.82, 2.24) is 9.97 Å². The van der Waals surface area contributed by atoms with Crippen LogP contribution in [0.2, 0.25) is 0 Å². The van der Waals surface area contributed by atoms with Gasteiger partial charge >= 0.3 is 7.12 Å². The van der Waals surface area contributed by atoms with Crippen molar-refractivity contribution in [2.45, 2.75) is 39.7 Å². The quantitative estimate of drug-likeness (QED) is 0.443. The van der Waals surface area contributed by atoms with Crippen LogP contribution < -0.4 is 16.5 Å². The first kappa shape index (κ1) is 22.0. The molecule has 3 aromatic rings. The predicted molar refractivity (Wildman–Crippen MR) is 125 cm³/mol. The van der Waals surface area contributed by atoms with Gasteiger partial charge < -0.3 is 21.1 Å². The Morgan fingerprint density at radius 2 is 1.94 bits per heavy atom. The number of carbonyl (C=O) groups excluding carboxylic acids is 1. The molecule has 8 heteroatoms. The highest BCUT2D eigenvalue weighted by molar-refractivity contribution is 6.58. The number of nitrogens with zero attached hydrogens (tertiary/aromatic N) is 2.